The Morgan fingerprint density at radius 3 is 2.56 bits per heavy atom. The average Bonchev–Trinajstić information content (AvgIpc) is 2.70. The molecule has 0 aliphatic heterocycles. The summed E-state index contributed by atoms with van der Waals surface area (Å²) in [5.41, 5.74) is 3.23. The minimum atomic E-state index is -0.566. The van der Waals surface area contributed by atoms with Crippen molar-refractivity contribution >= 4 is 5.57 Å². The molecule has 0 radical (unpaired) electrons. The van der Waals surface area contributed by atoms with Crippen LogP contribution in [0.1, 0.15) is 31.4 Å². The number of nitrogens with zero attached hydrogens (tertiary/aromatic N) is 1. The Kier molecular flexibility index (Phi) is 8.57. The third kappa shape index (κ3) is 7.65. The summed E-state index contributed by atoms with van der Waals surface area (Å²) in [5.74, 6) is 0.708. The number of hydrogen-bond donors (Lipinski definition) is 2. The zero-order valence-corrected chi connectivity index (χ0v) is 16.1. The monoisotopic (exact) mass is 364 g/mol. The van der Waals surface area contributed by atoms with Crippen molar-refractivity contribution in [3.05, 3.63) is 71.8 Å². The first-order chi connectivity index (χ1) is 13.1. The standard InChI is InChI=1S/C23H28N2O2/c1-18(14-15-24)21-10-12-23(13-11-21)27-17-22(26)16-25-19(2)8-9-20-6-4-3-5-7-20/h3-7,10-14,19,22,25-26H,8-9,16-17H2,1-2H3/b18-14-. The van der Waals surface area contributed by atoms with Crippen molar-refractivity contribution in [2.75, 3.05) is 13.2 Å². The van der Waals surface area contributed by atoms with Crippen LogP contribution in [0.15, 0.2) is 60.7 Å². The number of ether oxygens (including phenoxy) is 1. The molecular weight excluding hydrogens is 336 g/mol. The van der Waals surface area contributed by atoms with Gasteiger partial charge in [-0.2, -0.15) is 5.26 Å². The Morgan fingerprint density at radius 1 is 1.19 bits per heavy atom. The third-order valence-electron chi connectivity index (χ3n) is 4.44. The lowest BCUT2D eigenvalue weighted by Gasteiger charge is -2.18. The van der Waals surface area contributed by atoms with E-state index in [4.69, 9.17) is 10.00 Å². The van der Waals surface area contributed by atoms with Crippen LogP contribution >= 0.6 is 0 Å². The molecular formula is C23H28N2O2. The Bertz CT molecular complexity index is 748. The maximum absolute atomic E-state index is 10.1. The predicted molar refractivity (Wildman–Crippen MR) is 109 cm³/mol. The number of nitrogens with one attached hydrogen (secondary N) is 1. The van der Waals surface area contributed by atoms with Gasteiger partial charge in [-0.3, -0.25) is 0 Å². The first-order valence-electron chi connectivity index (χ1n) is 9.33. The maximum atomic E-state index is 10.1. The molecule has 2 unspecified atom stereocenters. The molecule has 142 valence electrons. The molecule has 4 nitrogen and oxygen atoms in total. The van der Waals surface area contributed by atoms with Crippen LogP contribution in [0, 0.1) is 11.3 Å². The van der Waals surface area contributed by atoms with Crippen LogP contribution in [0.25, 0.3) is 5.57 Å². The van der Waals surface area contributed by atoms with Gasteiger partial charge in [0.15, 0.2) is 0 Å². The van der Waals surface area contributed by atoms with E-state index >= 15 is 0 Å². The summed E-state index contributed by atoms with van der Waals surface area (Å²) >= 11 is 0. The van der Waals surface area contributed by atoms with Gasteiger partial charge in [-0.25, -0.2) is 0 Å². The van der Waals surface area contributed by atoms with Crippen molar-refractivity contribution in [3.8, 4) is 11.8 Å². The fourth-order valence-corrected chi connectivity index (χ4v) is 2.71. The molecule has 2 aromatic rings. The summed E-state index contributed by atoms with van der Waals surface area (Å²) < 4.78 is 5.65. The maximum Gasteiger partial charge on any atom is 0.119 e. The van der Waals surface area contributed by atoms with E-state index < -0.39 is 6.10 Å². The second-order valence-electron chi connectivity index (χ2n) is 6.78. The molecule has 2 aromatic carbocycles. The normalized spacial score (nSPS) is 13.6. The number of aliphatic hydroxyl groups excluding tert-OH is 1. The number of allylic oxidation sites excluding steroid dienone is 2. The van der Waals surface area contributed by atoms with Crippen molar-refractivity contribution in [2.45, 2.75) is 38.8 Å². The van der Waals surface area contributed by atoms with Gasteiger partial charge in [0.25, 0.3) is 0 Å². The number of nitriles is 1. The van der Waals surface area contributed by atoms with Crippen LogP contribution in [-0.4, -0.2) is 30.4 Å². The van der Waals surface area contributed by atoms with E-state index in [9.17, 15) is 5.11 Å². The van der Waals surface area contributed by atoms with E-state index in [1.54, 1.807) is 0 Å². The van der Waals surface area contributed by atoms with Crippen LogP contribution in [0.3, 0.4) is 0 Å². The second-order valence-corrected chi connectivity index (χ2v) is 6.78. The largest absolute Gasteiger partial charge is 0.491 e. The second kappa shape index (κ2) is 11.2. The zero-order valence-electron chi connectivity index (χ0n) is 16.1. The summed E-state index contributed by atoms with van der Waals surface area (Å²) in [7, 11) is 0. The van der Waals surface area contributed by atoms with Gasteiger partial charge in [0.05, 0.1) is 6.07 Å². The van der Waals surface area contributed by atoms with Gasteiger partial charge >= 0.3 is 0 Å². The van der Waals surface area contributed by atoms with Crippen molar-refractivity contribution in [2.24, 2.45) is 0 Å². The van der Waals surface area contributed by atoms with Crippen molar-refractivity contribution < 1.29 is 9.84 Å². The third-order valence-corrected chi connectivity index (χ3v) is 4.44. The van der Waals surface area contributed by atoms with E-state index in [1.165, 1.54) is 11.6 Å². The molecule has 2 rings (SSSR count). The van der Waals surface area contributed by atoms with Crippen LogP contribution in [0.2, 0.25) is 0 Å². The molecule has 0 bridgehead atoms. The van der Waals surface area contributed by atoms with Gasteiger partial charge in [0, 0.05) is 18.7 Å². The SMILES string of the molecule is C/C(=C/C#N)c1ccc(OCC(O)CNC(C)CCc2ccccc2)cc1. The van der Waals surface area contributed by atoms with E-state index in [0.29, 0.717) is 18.3 Å². The average molecular weight is 364 g/mol. The molecule has 27 heavy (non-hydrogen) atoms. The summed E-state index contributed by atoms with van der Waals surface area (Å²) in [4.78, 5) is 0. The van der Waals surface area contributed by atoms with Crippen molar-refractivity contribution in [1.82, 2.24) is 5.32 Å². The minimum Gasteiger partial charge on any atom is -0.491 e. The van der Waals surface area contributed by atoms with Gasteiger partial charge in [-0.15, -0.1) is 0 Å². The van der Waals surface area contributed by atoms with E-state index in [1.807, 2.05) is 43.3 Å². The predicted octanol–water partition coefficient (Wildman–Crippen LogP) is 3.96. The topological polar surface area (TPSA) is 65.3 Å². The number of aliphatic hydroxyl groups is 1. The number of rotatable bonds is 10. The van der Waals surface area contributed by atoms with Gasteiger partial charge in [0.2, 0.25) is 0 Å². The molecule has 0 amide bonds. The Labute approximate surface area is 162 Å². The number of aryl methyl sites for hydroxylation is 1. The number of benzene rings is 2. The fourth-order valence-electron chi connectivity index (χ4n) is 2.71. The van der Waals surface area contributed by atoms with Crippen molar-refractivity contribution in [1.29, 1.82) is 5.26 Å². The highest BCUT2D eigenvalue weighted by Crippen LogP contribution is 2.18. The van der Waals surface area contributed by atoms with Crippen LogP contribution in [0.5, 0.6) is 5.75 Å². The van der Waals surface area contributed by atoms with Crippen molar-refractivity contribution in [3.63, 3.8) is 0 Å². The highest BCUT2D eigenvalue weighted by atomic mass is 16.5. The number of hydrogen-bond acceptors (Lipinski definition) is 4. The quantitative estimate of drug-likeness (QED) is 0.626. The van der Waals surface area contributed by atoms with Gasteiger partial charge < -0.3 is 15.2 Å². The lowest BCUT2D eigenvalue weighted by atomic mass is 10.1. The Hall–Kier alpha value is -2.61. The van der Waals surface area contributed by atoms with Gasteiger partial charge in [-0.05, 0) is 55.5 Å². The fraction of sp³-hybridized carbons (Fsp3) is 0.348. The molecule has 2 atom stereocenters. The zero-order chi connectivity index (χ0) is 19.5. The first-order valence-corrected chi connectivity index (χ1v) is 9.33. The van der Waals surface area contributed by atoms with E-state index in [-0.39, 0.29) is 6.61 Å². The highest BCUT2D eigenvalue weighted by molar-refractivity contribution is 5.66. The lowest BCUT2D eigenvalue weighted by molar-refractivity contribution is 0.104. The summed E-state index contributed by atoms with van der Waals surface area (Å²) in [5, 5.41) is 22.2. The molecule has 0 saturated carbocycles. The molecule has 0 saturated heterocycles. The van der Waals surface area contributed by atoms with Gasteiger partial charge in [-0.1, -0.05) is 42.5 Å². The molecule has 0 aromatic heterocycles. The summed E-state index contributed by atoms with van der Waals surface area (Å²) in [6.45, 7) is 4.77. The molecule has 0 spiro atoms. The van der Waals surface area contributed by atoms with E-state index in [0.717, 1.165) is 24.0 Å². The Morgan fingerprint density at radius 2 is 1.89 bits per heavy atom. The van der Waals surface area contributed by atoms with Crippen LogP contribution in [0.4, 0.5) is 0 Å². The Balaban J connectivity index is 1.67. The van der Waals surface area contributed by atoms with E-state index in [2.05, 4.69) is 36.5 Å². The highest BCUT2D eigenvalue weighted by Gasteiger charge is 2.08. The molecule has 0 fully saturated rings. The summed E-state index contributed by atoms with van der Waals surface area (Å²) in [6, 6.07) is 20.3. The molecule has 0 aliphatic rings. The van der Waals surface area contributed by atoms with Crippen LogP contribution < -0.4 is 10.1 Å². The summed E-state index contributed by atoms with van der Waals surface area (Å²) in [6.07, 6.45) is 3.00. The van der Waals surface area contributed by atoms with Gasteiger partial charge in [0.1, 0.15) is 18.5 Å². The first kappa shape index (κ1) is 20.7. The molecule has 0 aliphatic carbocycles. The smallest absolute Gasteiger partial charge is 0.119 e. The molecule has 2 N–H and O–H groups in total. The lowest BCUT2D eigenvalue weighted by Crippen LogP contribution is -2.36. The minimum absolute atomic E-state index is 0.241. The van der Waals surface area contributed by atoms with Crippen LogP contribution in [-0.2, 0) is 6.42 Å². The molecule has 4 heteroatoms. The molecule has 0 heterocycles.